The number of hydrogen-bond donors (Lipinski definition) is 3. The molecule has 1 rings (SSSR count). The number of imidazole rings is 1. The second kappa shape index (κ2) is 5.61. The normalized spacial score (nSPS) is 11.3. The van der Waals surface area contributed by atoms with Crippen LogP contribution in [0.4, 0.5) is 0 Å². The lowest BCUT2D eigenvalue weighted by Gasteiger charge is -2.04. The minimum absolute atomic E-state index is 0.0107. The third kappa shape index (κ3) is 3.63. The zero-order valence-corrected chi connectivity index (χ0v) is 9.67. The second-order valence-corrected chi connectivity index (χ2v) is 4.75. The number of aromatic nitrogens is 2. The van der Waals surface area contributed by atoms with E-state index in [-0.39, 0.29) is 23.9 Å². The molecule has 1 aromatic heterocycles. The molecule has 7 nitrogen and oxygen atoms in total. The van der Waals surface area contributed by atoms with E-state index in [0.717, 1.165) is 0 Å². The molecule has 0 spiro atoms. The van der Waals surface area contributed by atoms with Crippen LogP contribution in [0.2, 0.25) is 0 Å². The molecule has 0 atom stereocenters. The van der Waals surface area contributed by atoms with Crippen molar-refractivity contribution in [3.8, 4) is 0 Å². The second-order valence-electron chi connectivity index (χ2n) is 3.02. The maximum atomic E-state index is 11.5. The molecule has 0 saturated carbocycles. The smallest absolute Gasteiger partial charge is 0.257 e. The van der Waals surface area contributed by atoms with Gasteiger partial charge in [0.25, 0.3) is 10.0 Å². The molecule has 0 aliphatic carbocycles. The Kier molecular flexibility index (Phi) is 4.44. The Morgan fingerprint density at radius 1 is 1.56 bits per heavy atom. The average molecular weight is 246 g/mol. The fourth-order valence-electron chi connectivity index (χ4n) is 1.05. The first kappa shape index (κ1) is 12.7. The first-order chi connectivity index (χ1) is 7.56. The third-order valence-electron chi connectivity index (χ3n) is 1.78. The van der Waals surface area contributed by atoms with Crippen LogP contribution >= 0.6 is 0 Å². The average Bonchev–Trinajstić information content (AvgIpc) is 2.71. The van der Waals surface area contributed by atoms with E-state index in [2.05, 4.69) is 20.0 Å². The summed E-state index contributed by atoms with van der Waals surface area (Å²) in [6.45, 7) is 2.39. The highest BCUT2D eigenvalue weighted by atomic mass is 32.2. The van der Waals surface area contributed by atoms with Gasteiger partial charge in [-0.1, -0.05) is 0 Å². The highest BCUT2D eigenvalue weighted by Gasteiger charge is 2.14. The number of carbonyl (C=O) groups excluding carboxylic acids is 1. The van der Waals surface area contributed by atoms with Gasteiger partial charge in [-0.25, -0.2) is 18.1 Å². The van der Waals surface area contributed by atoms with Crippen LogP contribution in [0.15, 0.2) is 17.6 Å². The molecule has 1 aromatic rings. The van der Waals surface area contributed by atoms with Crippen molar-refractivity contribution < 1.29 is 13.2 Å². The molecule has 0 aliphatic heterocycles. The molecule has 0 aliphatic rings. The molecule has 0 unspecified atom stereocenters. The molecule has 8 heteroatoms. The van der Waals surface area contributed by atoms with Crippen LogP contribution < -0.4 is 10.0 Å². The SMILES string of the molecule is CCNC(=O)CCNS(=O)(=O)c1cnc[nH]1. The Bertz CT molecular complexity index is 426. The van der Waals surface area contributed by atoms with E-state index in [1.165, 1.54) is 12.5 Å². The lowest BCUT2D eigenvalue weighted by molar-refractivity contribution is -0.120. The topological polar surface area (TPSA) is 104 Å². The molecule has 3 N–H and O–H groups in total. The van der Waals surface area contributed by atoms with E-state index in [9.17, 15) is 13.2 Å². The molecule has 0 bridgehead atoms. The van der Waals surface area contributed by atoms with Crippen molar-refractivity contribution in [3.05, 3.63) is 12.5 Å². The molecular formula is C8H14N4O3S. The minimum atomic E-state index is -3.58. The van der Waals surface area contributed by atoms with Gasteiger partial charge in [-0.2, -0.15) is 0 Å². The van der Waals surface area contributed by atoms with Crippen LogP contribution in [0, 0.1) is 0 Å². The fraction of sp³-hybridized carbons (Fsp3) is 0.500. The van der Waals surface area contributed by atoms with Crippen LogP contribution in [0.5, 0.6) is 0 Å². The number of sulfonamides is 1. The Labute approximate surface area is 93.7 Å². The van der Waals surface area contributed by atoms with Crippen molar-refractivity contribution in [2.45, 2.75) is 18.4 Å². The summed E-state index contributed by atoms with van der Waals surface area (Å²) in [5.41, 5.74) is 0. The summed E-state index contributed by atoms with van der Waals surface area (Å²) in [5, 5.41) is 2.56. The monoisotopic (exact) mass is 246 g/mol. The molecule has 0 aromatic carbocycles. The van der Waals surface area contributed by atoms with Crippen molar-refractivity contribution in [3.63, 3.8) is 0 Å². The Morgan fingerprint density at radius 2 is 2.31 bits per heavy atom. The van der Waals surface area contributed by atoms with Gasteiger partial charge in [-0.05, 0) is 6.92 Å². The standard InChI is InChI=1S/C8H14N4O3S/c1-2-10-7(13)3-4-12-16(14,15)8-5-9-6-11-8/h5-6,12H,2-4H2,1H3,(H,9,11)(H,10,13). The lowest BCUT2D eigenvalue weighted by Crippen LogP contribution is -2.30. The van der Waals surface area contributed by atoms with Crippen molar-refractivity contribution >= 4 is 15.9 Å². The Morgan fingerprint density at radius 3 is 2.88 bits per heavy atom. The van der Waals surface area contributed by atoms with Gasteiger partial charge in [0, 0.05) is 19.5 Å². The summed E-state index contributed by atoms with van der Waals surface area (Å²) >= 11 is 0. The molecule has 1 amide bonds. The van der Waals surface area contributed by atoms with Crippen molar-refractivity contribution in [2.24, 2.45) is 0 Å². The summed E-state index contributed by atoms with van der Waals surface area (Å²) < 4.78 is 25.3. The number of aromatic amines is 1. The maximum absolute atomic E-state index is 11.5. The van der Waals surface area contributed by atoms with Gasteiger partial charge in [0.05, 0.1) is 12.5 Å². The zero-order chi connectivity index (χ0) is 12.0. The quantitative estimate of drug-likeness (QED) is 0.612. The molecule has 1 heterocycles. The lowest BCUT2D eigenvalue weighted by atomic mass is 10.4. The van der Waals surface area contributed by atoms with Crippen molar-refractivity contribution in [1.82, 2.24) is 20.0 Å². The summed E-state index contributed by atoms with van der Waals surface area (Å²) in [6, 6.07) is 0. The van der Waals surface area contributed by atoms with Crippen LogP contribution in [0.3, 0.4) is 0 Å². The number of carbonyl (C=O) groups is 1. The largest absolute Gasteiger partial charge is 0.356 e. The van der Waals surface area contributed by atoms with Gasteiger partial charge >= 0.3 is 0 Å². The van der Waals surface area contributed by atoms with Crippen LogP contribution in [0.1, 0.15) is 13.3 Å². The number of rotatable bonds is 6. The van der Waals surface area contributed by atoms with Crippen LogP contribution in [-0.4, -0.2) is 37.4 Å². The maximum Gasteiger partial charge on any atom is 0.257 e. The molecule has 16 heavy (non-hydrogen) atoms. The van der Waals surface area contributed by atoms with Crippen molar-refractivity contribution in [2.75, 3.05) is 13.1 Å². The van der Waals surface area contributed by atoms with Crippen molar-refractivity contribution in [1.29, 1.82) is 0 Å². The number of hydrogen-bond acceptors (Lipinski definition) is 4. The van der Waals surface area contributed by atoms with Crippen LogP contribution in [-0.2, 0) is 14.8 Å². The summed E-state index contributed by atoms with van der Waals surface area (Å²) in [6.07, 6.45) is 2.59. The summed E-state index contributed by atoms with van der Waals surface area (Å²) in [7, 11) is -3.58. The van der Waals surface area contributed by atoms with Crippen LogP contribution in [0.25, 0.3) is 0 Å². The molecular weight excluding hydrogens is 232 g/mol. The molecule has 0 saturated heterocycles. The molecule has 0 radical (unpaired) electrons. The van der Waals surface area contributed by atoms with Gasteiger partial charge in [0.1, 0.15) is 0 Å². The Balaban J connectivity index is 2.41. The van der Waals surface area contributed by atoms with E-state index >= 15 is 0 Å². The first-order valence-corrected chi connectivity index (χ1v) is 6.29. The highest BCUT2D eigenvalue weighted by molar-refractivity contribution is 7.89. The predicted octanol–water partition coefficient (Wildman–Crippen LogP) is -0.786. The van der Waals surface area contributed by atoms with E-state index in [1.54, 1.807) is 6.92 Å². The zero-order valence-electron chi connectivity index (χ0n) is 8.86. The number of nitrogens with one attached hydrogen (secondary N) is 3. The number of H-pyrrole nitrogens is 1. The van der Waals surface area contributed by atoms with Gasteiger partial charge in [0.2, 0.25) is 5.91 Å². The first-order valence-electron chi connectivity index (χ1n) is 4.81. The molecule has 90 valence electrons. The predicted molar refractivity (Wildman–Crippen MR) is 57.1 cm³/mol. The van der Waals surface area contributed by atoms with Gasteiger partial charge in [-0.15, -0.1) is 0 Å². The summed E-state index contributed by atoms with van der Waals surface area (Å²) in [4.78, 5) is 17.1. The number of amides is 1. The molecule has 0 fully saturated rings. The van der Waals surface area contributed by atoms with E-state index < -0.39 is 10.0 Å². The van der Waals surface area contributed by atoms with Gasteiger partial charge < -0.3 is 10.3 Å². The van der Waals surface area contributed by atoms with E-state index in [0.29, 0.717) is 6.54 Å². The Hall–Kier alpha value is -1.41. The van der Waals surface area contributed by atoms with E-state index in [4.69, 9.17) is 0 Å². The van der Waals surface area contributed by atoms with Gasteiger partial charge in [-0.3, -0.25) is 4.79 Å². The van der Waals surface area contributed by atoms with Gasteiger partial charge in [0.15, 0.2) is 5.03 Å². The number of nitrogens with zero attached hydrogens (tertiary/aromatic N) is 1. The third-order valence-corrected chi connectivity index (χ3v) is 3.17. The van der Waals surface area contributed by atoms with E-state index in [1.807, 2.05) is 0 Å². The minimum Gasteiger partial charge on any atom is -0.356 e. The summed E-state index contributed by atoms with van der Waals surface area (Å²) in [5.74, 6) is -0.185. The highest BCUT2D eigenvalue weighted by Crippen LogP contribution is 2.01. The fourth-order valence-corrected chi connectivity index (χ4v) is 1.99.